The fourth-order valence-corrected chi connectivity index (χ4v) is 2.87. The van der Waals surface area contributed by atoms with Crippen molar-refractivity contribution >= 4 is 11.4 Å². The summed E-state index contributed by atoms with van der Waals surface area (Å²) in [5, 5.41) is 8.93. The lowest BCUT2D eigenvalue weighted by molar-refractivity contribution is 0.832. The zero-order chi connectivity index (χ0) is 14.1. The molecule has 1 heterocycles. The minimum atomic E-state index is 0.715. The fraction of sp³-hybridized carbons (Fsp3) is 0.235. The van der Waals surface area contributed by atoms with Gasteiger partial charge in [-0.2, -0.15) is 5.26 Å². The molecule has 0 fully saturated rings. The van der Waals surface area contributed by atoms with E-state index < -0.39 is 0 Å². The number of nitriles is 1. The van der Waals surface area contributed by atoms with E-state index in [0.29, 0.717) is 5.56 Å². The Morgan fingerprint density at radius 2 is 2.15 bits per heavy atom. The molecular weight excluding hydrogens is 246 g/mol. The van der Waals surface area contributed by atoms with E-state index in [0.717, 1.165) is 30.8 Å². The highest BCUT2D eigenvalue weighted by Crippen LogP contribution is 2.34. The molecule has 100 valence electrons. The number of hydrogen-bond acceptors (Lipinski definition) is 3. The molecule has 3 nitrogen and oxygen atoms in total. The zero-order valence-electron chi connectivity index (χ0n) is 11.6. The Bertz CT molecular complexity index is 698. The standard InChI is InChI=1S/C17H17N3/c1-12-9-13(10-18)5-6-15(12)11-20-8-7-14-3-2-4-16(19)17(14)20/h2-6,9H,7-8,11,19H2,1H3. The number of nitrogens with two attached hydrogens (primary N) is 1. The molecule has 0 bridgehead atoms. The average Bonchev–Trinajstić information content (AvgIpc) is 2.85. The first kappa shape index (κ1) is 12.6. The molecule has 2 aromatic rings. The molecular formula is C17H17N3. The molecule has 0 amide bonds. The summed E-state index contributed by atoms with van der Waals surface area (Å²) >= 11 is 0. The summed E-state index contributed by atoms with van der Waals surface area (Å²) in [6.45, 7) is 3.91. The van der Waals surface area contributed by atoms with Gasteiger partial charge in [-0.1, -0.05) is 18.2 Å². The van der Waals surface area contributed by atoms with E-state index in [2.05, 4.69) is 24.0 Å². The van der Waals surface area contributed by atoms with Gasteiger partial charge in [-0.15, -0.1) is 0 Å². The molecule has 0 unspecified atom stereocenters. The van der Waals surface area contributed by atoms with Crippen molar-refractivity contribution in [1.82, 2.24) is 0 Å². The van der Waals surface area contributed by atoms with Gasteiger partial charge in [-0.05, 0) is 48.2 Å². The average molecular weight is 263 g/mol. The number of nitrogens with zero attached hydrogens (tertiary/aromatic N) is 2. The number of fused-ring (bicyclic) bond motifs is 1. The van der Waals surface area contributed by atoms with Gasteiger partial charge in [0.25, 0.3) is 0 Å². The largest absolute Gasteiger partial charge is 0.397 e. The fourth-order valence-electron chi connectivity index (χ4n) is 2.87. The van der Waals surface area contributed by atoms with Crippen LogP contribution in [-0.2, 0) is 13.0 Å². The van der Waals surface area contributed by atoms with Crippen LogP contribution >= 0.6 is 0 Å². The Morgan fingerprint density at radius 1 is 1.30 bits per heavy atom. The van der Waals surface area contributed by atoms with Gasteiger partial charge in [0, 0.05) is 13.1 Å². The van der Waals surface area contributed by atoms with Crippen molar-refractivity contribution in [1.29, 1.82) is 5.26 Å². The van der Waals surface area contributed by atoms with Crippen LogP contribution in [0.4, 0.5) is 11.4 Å². The number of aryl methyl sites for hydroxylation is 1. The van der Waals surface area contributed by atoms with E-state index in [1.165, 1.54) is 16.8 Å². The van der Waals surface area contributed by atoms with Crippen LogP contribution in [0.5, 0.6) is 0 Å². The maximum absolute atomic E-state index is 8.93. The summed E-state index contributed by atoms with van der Waals surface area (Å²) in [4.78, 5) is 2.33. The molecule has 0 radical (unpaired) electrons. The van der Waals surface area contributed by atoms with Crippen LogP contribution in [0, 0.1) is 18.3 Å². The first-order valence-corrected chi connectivity index (χ1v) is 6.81. The molecule has 1 aliphatic rings. The molecule has 0 spiro atoms. The Labute approximate surface area is 119 Å². The van der Waals surface area contributed by atoms with E-state index in [9.17, 15) is 0 Å². The van der Waals surface area contributed by atoms with E-state index >= 15 is 0 Å². The van der Waals surface area contributed by atoms with Crippen LogP contribution in [0.25, 0.3) is 0 Å². The van der Waals surface area contributed by atoms with E-state index in [1.54, 1.807) is 0 Å². The first-order valence-electron chi connectivity index (χ1n) is 6.81. The van der Waals surface area contributed by atoms with Gasteiger partial charge < -0.3 is 10.6 Å². The van der Waals surface area contributed by atoms with Gasteiger partial charge >= 0.3 is 0 Å². The second-order valence-corrected chi connectivity index (χ2v) is 5.28. The van der Waals surface area contributed by atoms with E-state index in [1.807, 2.05) is 30.3 Å². The molecule has 0 aromatic heterocycles. The van der Waals surface area contributed by atoms with Crippen LogP contribution in [0.1, 0.15) is 22.3 Å². The molecule has 20 heavy (non-hydrogen) atoms. The minimum Gasteiger partial charge on any atom is -0.397 e. The lowest BCUT2D eigenvalue weighted by Crippen LogP contribution is -2.21. The Kier molecular flexibility index (Phi) is 3.08. The number of rotatable bonds is 2. The molecule has 0 saturated heterocycles. The number of anilines is 2. The van der Waals surface area contributed by atoms with Crippen molar-refractivity contribution in [2.45, 2.75) is 19.9 Å². The normalized spacial score (nSPS) is 13.1. The molecule has 0 aliphatic carbocycles. The van der Waals surface area contributed by atoms with Gasteiger partial charge in [-0.25, -0.2) is 0 Å². The zero-order valence-corrected chi connectivity index (χ0v) is 11.6. The quantitative estimate of drug-likeness (QED) is 0.847. The molecule has 2 N–H and O–H groups in total. The molecule has 0 atom stereocenters. The molecule has 1 aliphatic heterocycles. The number of benzene rings is 2. The van der Waals surface area contributed by atoms with Crippen molar-refractivity contribution in [3.8, 4) is 6.07 Å². The van der Waals surface area contributed by atoms with Crippen LogP contribution in [0.15, 0.2) is 36.4 Å². The smallest absolute Gasteiger partial charge is 0.0991 e. The van der Waals surface area contributed by atoms with Crippen molar-refractivity contribution in [3.05, 3.63) is 58.7 Å². The molecule has 2 aromatic carbocycles. The third-order valence-corrected chi connectivity index (χ3v) is 3.95. The van der Waals surface area contributed by atoms with E-state index in [-0.39, 0.29) is 0 Å². The predicted octanol–water partition coefficient (Wildman–Crippen LogP) is 3.01. The Hall–Kier alpha value is -2.47. The molecule has 3 heteroatoms. The van der Waals surface area contributed by atoms with Crippen LogP contribution in [-0.4, -0.2) is 6.54 Å². The number of hydrogen-bond donors (Lipinski definition) is 1. The summed E-state index contributed by atoms with van der Waals surface area (Å²) in [5.74, 6) is 0. The second kappa shape index (κ2) is 4.90. The lowest BCUT2D eigenvalue weighted by atomic mass is 10.0. The number of para-hydroxylation sites is 1. The van der Waals surface area contributed by atoms with Crippen molar-refractivity contribution < 1.29 is 0 Å². The summed E-state index contributed by atoms with van der Waals surface area (Å²) in [5.41, 5.74) is 12.6. The monoisotopic (exact) mass is 263 g/mol. The minimum absolute atomic E-state index is 0.715. The van der Waals surface area contributed by atoms with Gasteiger partial charge in [0.05, 0.1) is 23.0 Å². The predicted molar refractivity (Wildman–Crippen MR) is 81.5 cm³/mol. The first-order chi connectivity index (χ1) is 9.69. The van der Waals surface area contributed by atoms with Crippen molar-refractivity contribution in [3.63, 3.8) is 0 Å². The highest BCUT2D eigenvalue weighted by Gasteiger charge is 2.21. The molecule has 3 rings (SSSR count). The highest BCUT2D eigenvalue weighted by atomic mass is 15.2. The van der Waals surface area contributed by atoms with E-state index in [4.69, 9.17) is 11.0 Å². The summed E-state index contributed by atoms with van der Waals surface area (Å²) in [7, 11) is 0. The number of nitrogen functional groups attached to an aromatic ring is 1. The van der Waals surface area contributed by atoms with Gasteiger partial charge in [-0.3, -0.25) is 0 Å². The summed E-state index contributed by atoms with van der Waals surface area (Å²) in [6, 6.07) is 14.2. The molecule has 0 saturated carbocycles. The van der Waals surface area contributed by atoms with Gasteiger partial charge in [0.2, 0.25) is 0 Å². The van der Waals surface area contributed by atoms with Crippen LogP contribution in [0.2, 0.25) is 0 Å². The Balaban J connectivity index is 1.90. The highest BCUT2D eigenvalue weighted by molar-refractivity contribution is 5.74. The maximum atomic E-state index is 8.93. The van der Waals surface area contributed by atoms with Crippen LogP contribution < -0.4 is 10.6 Å². The lowest BCUT2D eigenvalue weighted by Gasteiger charge is -2.22. The van der Waals surface area contributed by atoms with Crippen LogP contribution in [0.3, 0.4) is 0 Å². The maximum Gasteiger partial charge on any atom is 0.0991 e. The van der Waals surface area contributed by atoms with Gasteiger partial charge in [0.15, 0.2) is 0 Å². The van der Waals surface area contributed by atoms with Crippen molar-refractivity contribution in [2.75, 3.05) is 17.2 Å². The second-order valence-electron chi connectivity index (χ2n) is 5.28. The van der Waals surface area contributed by atoms with Crippen molar-refractivity contribution in [2.24, 2.45) is 0 Å². The van der Waals surface area contributed by atoms with Gasteiger partial charge in [0.1, 0.15) is 0 Å². The SMILES string of the molecule is Cc1cc(C#N)ccc1CN1CCc2cccc(N)c21. The third kappa shape index (κ3) is 2.10. The summed E-state index contributed by atoms with van der Waals surface area (Å²) in [6.07, 6.45) is 1.05. The summed E-state index contributed by atoms with van der Waals surface area (Å²) < 4.78 is 0. The Morgan fingerprint density at radius 3 is 2.90 bits per heavy atom. The third-order valence-electron chi connectivity index (χ3n) is 3.95. The topological polar surface area (TPSA) is 53.0 Å².